The molecule has 0 bridgehead atoms. The Morgan fingerprint density at radius 1 is 1.19 bits per heavy atom. The van der Waals surface area contributed by atoms with Crippen LogP contribution in [0, 0.1) is 5.82 Å². The summed E-state index contributed by atoms with van der Waals surface area (Å²) in [6.07, 6.45) is 0.359. The highest BCUT2D eigenvalue weighted by Gasteiger charge is 2.18. The van der Waals surface area contributed by atoms with Crippen LogP contribution in [-0.4, -0.2) is 28.5 Å². The van der Waals surface area contributed by atoms with Gasteiger partial charge in [-0.15, -0.1) is 0 Å². The monoisotopic (exact) mass is 388 g/mol. The standard InChI is InChI=1S/C18H17FN4O3S/c19-13-1-3-14(4-2-13)23(9-7-15(20)24)17(25)6-5-16-21-18(22-26-16)12-8-10-27-11-12/h1-4,8,10-11H,5-7,9H2,(H2,20,24). The van der Waals surface area contributed by atoms with Crippen molar-refractivity contribution in [1.29, 1.82) is 0 Å². The molecule has 0 radical (unpaired) electrons. The lowest BCUT2D eigenvalue weighted by Crippen LogP contribution is -2.34. The van der Waals surface area contributed by atoms with Crippen molar-refractivity contribution in [3.05, 3.63) is 52.8 Å². The zero-order valence-corrected chi connectivity index (χ0v) is 15.1. The van der Waals surface area contributed by atoms with E-state index in [9.17, 15) is 14.0 Å². The van der Waals surface area contributed by atoms with Gasteiger partial charge in [-0.05, 0) is 35.7 Å². The highest BCUT2D eigenvalue weighted by Crippen LogP contribution is 2.20. The van der Waals surface area contributed by atoms with E-state index in [0.29, 0.717) is 17.4 Å². The Balaban J connectivity index is 1.66. The summed E-state index contributed by atoms with van der Waals surface area (Å²) in [7, 11) is 0. The summed E-state index contributed by atoms with van der Waals surface area (Å²) < 4.78 is 18.3. The van der Waals surface area contributed by atoms with Crippen LogP contribution < -0.4 is 10.6 Å². The van der Waals surface area contributed by atoms with Crippen LogP contribution in [-0.2, 0) is 16.0 Å². The number of hydrogen-bond acceptors (Lipinski definition) is 6. The first kappa shape index (κ1) is 18.7. The van der Waals surface area contributed by atoms with Crippen molar-refractivity contribution in [2.45, 2.75) is 19.3 Å². The van der Waals surface area contributed by atoms with Gasteiger partial charge < -0.3 is 15.2 Å². The van der Waals surface area contributed by atoms with Gasteiger partial charge in [0.15, 0.2) is 0 Å². The minimum Gasteiger partial charge on any atom is -0.370 e. The molecule has 7 nitrogen and oxygen atoms in total. The number of carbonyl (C=O) groups is 2. The number of aromatic nitrogens is 2. The summed E-state index contributed by atoms with van der Waals surface area (Å²) in [5.74, 6) is -0.362. The van der Waals surface area contributed by atoms with E-state index in [1.165, 1.54) is 40.5 Å². The number of rotatable bonds is 8. The molecule has 2 aromatic heterocycles. The summed E-state index contributed by atoms with van der Waals surface area (Å²) in [5.41, 5.74) is 6.54. The molecule has 0 saturated heterocycles. The smallest absolute Gasteiger partial charge is 0.227 e. The third kappa shape index (κ3) is 4.98. The second-order valence-corrected chi connectivity index (χ2v) is 6.54. The molecule has 27 heavy (non-hydrogen) atoms. The molecule has 0 fully saturated rings. The van der Waals surface area contributed by atoms with Crippen LogP contribution in [0.1, 0.15) is 18.7 Å². The van der Waals surface area contributed by atoms with E-state index in [1.807, 2.05) is 16.8 Å². The summed E-state index contributed by atoms with van der Waals surface area (Å²) in [6, 6.07) is 7.35. The maximum atomic E-state index is 13.1. The molecule has 2 amide bonds. The van der Waals surface area contributed by atoms with Crippen molar-refractivity contribution in [1.82, 2.24) is 10.1 Å². The van der Waals surface area contributed by atoms with Crippen LogP contribution in [0.15, 0.2) is 45.6 Å². The molecule has 1 aromatic carbocycles. The topological polar surface area (TPSA) is 102 Å². The number of amides is 2. The van der Waals surface area contributed by atoms with Crippen molar-refractivity contribution in [3.8, 4) is 11.4 Å². The van der Waals surface area contributed by atoms with Gasteiger partial charge in [-0.25, -0.2) is 4.39 Å². The van der Waals surface area contributed by atoms with Gasteiger partial charge in [0.2, 0.25) is 23.5 Å². The molecule has 2 heterocycles. The second kappa shape index (κ2) is 8.54. The predicted octanol–water partition coefficient (Wildman–Crippen LogP) is 2.78. The van der Waals surface area contributed by atoms with Gasteiger partial charge in [0, 0.05) is 42.4 Å². The van der Waals surface area contributed by atoms with Gasteiger partial charge in [0.1, 0.15) is 5.82 Å². The normalized spacial score (nSPS) is 10.7. The second-order valence-electron chi connectivity index (χ2n) is 5.76. The fourth-order valence-electron chi connectivity index (χ4n) is 2.46. The summed E-state index contributed by atoms with van der Waals surface area (Å²) in [5, 5.41) is 7.72. The van der Waals surface area contributed by atoms with Crippen molar-refractivity contribution >= 4 is 28.8 Å². The first-order valence-electron chi connectivity index (χ1n) is 8.22. The third-order valence-electron chi connectivity index (χ3n) is 3.82. The van der Waals surface area contributed by atoms with Gasteiger partial charge in [-0.3, -0.25) is 9.59 Å². The van der Waals surface area contributed by atoms with Gasteiger partial charge in [0.05, 0.1) is 0 Å². The highest BCUT2D eigenvalue weighted by atomic mass is 32.1. The highest BCUT2D eigenvalue weighted by molar-refractivity contribution is 7.08. The molecule has 0 aliphatic carbocycles. The largest absolute Gasteiger partial charge is 0.370 e. The maximum absolute atomic E-state index is 13.1. The van der Waals surface area contributed by atoms with E-state index < -0.39 is 11.7 Å². The van der Waals surface area contributed by atoms with Crippen LogP contribution in [0.4, 0.5) is 10.1 Å². The molecule has 9 heteroatoms. The lowest BCUT2D eigenvalue weighted by Gasteiger charge is -2.22. The molecular formula is C18H17FN4O3S. The Morgan fingerprint density at radius 3 is 2.63 bits per heavy atom. The van der Waals surface area contributed by atoms with Crippen LogP contribution in [0.3, 0.4) is 0 Å². The number of anilines is 1. The Kier molecular flexibility index (Phi) is 5.92. The molecule has 2 N–H and O–H groups in total. The molecule has 3 rings (SSSR count). The van der Waals surface area contributed by atoms with Crippen LogP contribution >= 0.6 is 11.3 Å². The third-order valence-corrected chi connectivity index (χ3v) is 4.50. The molecule has 140 valence electrons. The minimum atomic E-state index is -0.521. The van der Waals surface area contributed by atoms with E-state index in [1.54, 1.807) is 0 Å². The fraction of sp³-hybridized carbons (Fsp3) is 0.222. The first-order valence-corrected chi connectivity index (χ1v) is 9.16. The molecule has 0 spiro atoms. The number of nitrogens with zero attached hydrogens (tertiary/aromatic N) is 3. The predicted molar refractivity (Wildman–Crippen MR) is 98.5 cm³/mol. The van der Waals surface area contributed by atoms with E-state index in [4.69, 9.17) is 10.3 Å². The number of benzene rings is 1. The fourth-order valence-corrected chi connectivity index (χ4v) is 3.09. The number of hydrogen-bond donors (Lipinski definition) is 1. The number of halogens is 1. The van der Waals surface area contributed by atoms with E-state index >= 15 is 0 Å². The zero-order chi connectivity index (χ0) is 19.2. The summed E-state index contributed by atoms with van der Waals surface area (Å²) >= 11 is 1.53. The molecule has 0 saturated carbocycles. The zero-order valence-electron chi connectivity index (χ0n) is 14.3. The molecule has 0 aliphatic rings. The Hall–Kier alpha value is -3.07. The van der Waals surface area contributed by atoms with Crippen molar-refractivity contribution in [2.75, 3.05) is 11.4 Å². The number of carbonyl (C=O) groups excluding carboxylic acids is 2. The lowest BCUT2D eigenvalue weighted by atomic mass is 10.2. The Labute approximate surface area is 158 Å². The van der Waals surface area contributed by atoms with Crippen LogP contribution in [0.25, 0.3) is 11.4 Å². The van der Waals surface area contributed by atoms with Gasteiger partial charge >= 0.3 is 0 Å². The van der Waals surface area contributed by atoms with E-state index in [0.717, 1.165) is 5.56 Å². The van der Waals surface area contributed by atoms with Crippen LogP contribution in [0.5, 0.6) is 0 Å². The lowest BCUT2D eigenvalue weighted by molar-refractivity contribution is -0.119. The number of primary amides is 1. The molecule has 0 aliphatic heterocycles. The average molecular weight is 388 g/mol. The van der Waals surface area contributed by atoms with Crippen LogP contribution in [0.2, 0.25) is 0 Å². The number of nitrogens with two attached hydrogens (primary N) is 1. The SMILES string of the molecule is NC(=O)CCN(C(=O)CCc1nc(-c2ccsc2)no1)c1ccc(F)cc1. The summed E-state index contributed by atoms with van der Waals surface area (Å²) in [4.78, 5) is 29.4. The molecular weight excluding hydrogens is 371 g/mol. The van der Waals surface area contributed by atoms with E-state index in [2.05, 4.69) is 10.1 Å². The quantitative estimate of drug-likeness (QED) is 0.639. The molecule has 3 aromatic rings. The maximum Gasteiger partial charge on any atom is 0.227 e. The van der Waals surface area contributed by atoms with Gasteiger partial charge in [-0.1, -0.05) is 5.16 Å². The van der Waals surface area contributed by atoms with Crippen molar-refractivity contribution in [3.63, 3.8) is 0 Å². The van der Waals surface area contributed by atoms with Crippen molar-refractivity contribution in [2.24, 2.45) is 5.73 Å². The Morgan fingerprint density at radius 2 is 1.96 bits per heavy atom. The first-order chi connectivity index (χ1) is 13.0. The van der Waals surface area contributed by atoms with Gasteiger partial charge in [-0.2, -0.15) is 16.3 Å². The minimum absolute atomic E-state index is 0.00593. The van der Waals surface area contributed by atoms with E-state index in [-0.39, 0.29) is 31.7 Å². The Bertz CT molecular complexity index is 909. The molecule has 0 unspecified atom stereocenters. The number of thiophene rings is 1. The average Bonchev–Trinajstić information content (AvgIpc) is 3.33. The molecule has 0 atom stereocenters. The van der Waals surface area contributed by atoms with Crippen molar-refractivity contribution < 1.29 is 18.5 Å². The number of aryl methyl sites for hydroxylation is 1. The summed E-state index contributed by atoms with van der Waals surface area (Å²) in [6.45, 7) is 0.115. The van der Waals surface area contributed by atoms with Gasteiger partial charge in [0.25, 0.3) is 0 Å².